The zero-order chi connectivity index (χ0) is 16.4. The van der Waals surface area contributed by atoms with Crippen LogP contribution in [-0.4, -0.2) is 23.5 Å². The molecular weight excluding hydrogens is 292 g/mol. The van der Waals surface area contributed by atoms with Crippen LogP contribution in [0.15, 0.2) is 18.2 Å². The molecule has 0 heterocycles. The van der Waals surface area contributed by atoms with Gasteiger partial charge in [0.1, 0.15) is 11.6 Å². The molecule has 0 saturated heterocycles. The number of carbonyl (C=O) groups excluding carboxylic acids is 1. The Labute approximate surface area is 128 Å². The monoisotopic (exact) mass is 313 g/mol. The van der Waals surface area contributed by atoms with Crippen molar-refractivity contribution in [3.05, 3.63) is 35.4 Å². The molecule has 1 aromatic carbocycles. The third kappa shape index (κ3) is 7.71. The summed E-state index contributed by atoms with van der Waals surface area (Å²) in [6.07, 6.45) is 3.25. The zero-order valence-corrected chi connectivity index (χ0v) is 12.4. The van der Waals surface area contributed by atoms with E-state index in [0.29, 0.717) is 25.8 Å². The third-order valence-corrected chi connectivity index (χ3v) is 3.25. The highest BCUT2D eigenvalue weighted by molar-refractivity contribution is 5.75. The number of benzene rings is 1. The van der Waals surface area contributed by atoms with Crippen molar-refractivity contribution in [2.75, 3.05) is 6.54 Å². The molecule has 0 radical (unpaired) electrons. The zero-order valence-electron chi connectivity index (χ0n) is 12.4. The van der Waals surface area contributed by atoms with Crippen LogP contribution < -0.4 is 5.32 Å². The van der Waals surface area contributed by atoms with Crippen LogP contribution in [0.4, 0.5) is 8.78 Å². The predicted octanol–water partition coefficient (Wildman–Crippen LogP) is 3.05. The average molecular weight is 313 g/mol. The minimum atomic E-state index is -0.811. The van der Waals surface area contributed by atoms with Gasteiger partial charge in [-0.2, -0.15) is 0 Å². The molecule has 0 unspecified atom stereocenters. The molecular formula is C16H21F2NO3. The number of unbranched alkanes of at least 4 members (excludes halogenated alkanes) is 2. The number of carbonyl (C=O) groups is 2. The fourth-order valence-electron chi connectivity index (χ4n) is 2.07. The Bertz CT molecular complexity index is 506. The Morgan fingerprint density at radius 2 is 1.82 bits per heavy atom. The first-order chi connectivity index (χ1) is 10.5. The summed E-state index contributed by atoms with van der Waals surface area (Å²) in [5, 5.41) is 11.2. The fraction of sp³-hybridized carbons (Fsp3) is 0.500. The number of amides is 1. The van der Waals surface area contributed by atoms with Crippen LogP contribution in [0.5, 0.6) is 0 Å². The van der Waals surface area contributed by atoms with Crippen LogP contribution in [-0.2, 0) is 16.0 Å². The van der Waals surface area contributed by atoms with Gasteiger partial charge in [-0.1, -0.05) is 6.42 Å². The van der Waals surface area contributed by atoms with Crippen LogP contribution >= 0.6 is 0 Å². The summed E-state index contributed by atoms with van der Waals surface area (Å²) in [5.41, 5.74) is 0.279. The lowest BCUT2D eigenvalue weighted by molar-refractivity contribution is -0.137. The van der Waals surface area contributed by atoms with E-state index in [1.807, 2.05) is 0 Å². The van der Waals surface area contributed by atoms with E-state index in [9.17, 15) is 18.4 Å². The van der Waals surface area contributed by atoms with Gasteiger partial charge in [0, 0.05) is 19.4 Å². The maximum atomic E-state index is 13.4. The lowest BCUT2D eigenvalue weighted by Gasteiger charge is -2.06. The maximum Gasteiger partial charge on any atom is 0.303 e. The second kappa shape index (κ2) is 9.87. The van der Waals surface area contributed by atoms with Gasteiger partial charge in [0.15, 0.2) is 0 Å². The first kappa shape index (κ1) is 18.1. The van der Waals surface area contributed by atoms with Gasteiger partial charge in [-0.15, -0.1) is 0 Å². The largest absolute Gasteiger partial charge is 0.481 e. The van der Waals surface area contributed by atoms with E-state index in [0.717, 1.165) is 31.0 Å². The van der Waals surface area contributed by atoms with Crippen molar-refractivity contribution >= 4 is 11.9 Å². The highest BCUT2D eigenvalue weighted by Gasteiger charge is 2.06. The van der Waals surface area contributed by atoms with Crippen molar-refractivity contribution in [2.45, 2.75) is 44.9 Å². The van der Waals surface area contributed by atoms with Gasteiger partial charge < -0.3 is 10.4 Å². The molecule has 122 valence electrons. The van der Waals surface area contributed by atoms with Crippen molar-refractivity contribution in [3.8, 4) is 0 Å². The Hall–Kier alpha value is -1.98. The summed E-state index contributed by atoms with van der Waals surface area (Å²) in [4.78, 5) is 21.9. The van der Waals surface area contributed by atoms with Crippen molar-refractivity contribution in [3.63, 3.8) is 0 Å². The number of carboxylic acid groups (broad SMARTS) is 1. The first-order valence-electron chi connectivity index (χ1n) is 7.41. The van der Waals surface area contributed by atoms with Gasteiger partial charge in [0.25, 0.3) is 0 Å². The molecule has 0 fully saturated rings. The smallest absolute Gasteiger partial charge is 0.303 e. The highest BCUT2D eigenvalue weighted by Crippen LogP contribution is 2.12. The molecule has 0 saturated carbocycles. The lowest BCUT2D eigenvalue weighted by Crippen LogP contribution is -2.24. The van der Waals surface area contributed by atoms with Gasteiger partial charge >= 0.3 is 5.97 Å². The van der Waals surface area contributed by atoms with Crippen LogP contribution in [0, 0.1) is 11.6 Å². The van der Waals surface area contributed by atoms with E-state index >= 15 is 0 Å². The van der Waals surface area contributed by atoms with Crippen molar-refractivity contribution < 1.29 is 23.5 Å². The minimum absolute atomic E-state index is 0.130. The fourth-order valence-corrected chi connectivity index (χ4v) is 2.07. The Kier molecular flexibility index (Phi) is 8.10. The number of hydrogen-bond acceptors (Lipinski definition) is 2. The highest BCUT2D eigenvalue weighted by atomic mass is 19.1. The number of aliphatic carboxylic acids is 1. The average Bonchev–Trinajstić information content (AvgIpc) is 2.46. The molecule has 1 rings (SSSR count). The summed E-state index contributed by atoms with van der Waals surface area (Å²) in [6.45, 7) is 0.507. The number of nitrogens with one attached hydrogen (secondary N) is 1. The SMILES string of the molecule is O=C(O)CCCCCNC(=O)CCCc1cc(F)ccc1F. The summed E-state index contributed by atoms with van der Waals surface area (Å²) < 4.78 is 26.3. The van der Waals surface area contributed by atoms with Crippen LogP contribution in [0.25, 0.3) is 0 Å². The Balaban J connectivity index is 2.11. The number of halogens is 2. The molecule has 0 aromatic heterocycles. The summed E-state index contributed by atoms with van der Waals surface area (Å²) in [6, 6.07) is 3.30. The van der Waals surface area contributed by atoms with Gasteiger partial charge in [-0.25, -0.2) is 8.78 Å². The predicted molar refractivity (Wildman–Crippen MR) is 78.4 cm³/mol. The van der Waals surface area contributed by atoms with Gasteiger partial charge in [-0.3, -0.25) is 9.59 Å². The molecule has 0 spiro atoms. The second-order valence-electron chi connectivity index (χ2n) is 5.14. The molecule has 0 aliphatic rings. The van der Waals surface area contributed by atoms with E-state index < -0.39 is 17.6 Å². The summed E-state index contributed by atoms with van der Waals surface area (Å²) in [5.74, 6) is -1.88. The van der Waals surface area contributed by atoms with E-state index in [4.69, 9.17) is 5.11 Å². The molecule has 1 aromatic rings. The van der Waals surface area contributed by atoms with Crippen molar-refractivity contribution in [1.82, 2.24) is 5.32 Å². The molecule has 0 bridgehead atoms. The van der Waals surface area contributed by atoms with E-state index in [-0.39, 0.29) is 24.3 Å². The number of rotatable bonds is 10. The topological polar surface area (TPSA) is 66.4 Å². The first-order valence-corrected chi connectivity index (χ1v) is 7.41. The van der Waals surface area contributed by atoms with Gasteiger partial charge in [0.2, 0.25) is 5.91 Å². The molecule has 0 aliphatic carbocycles. The van der Waals surface area contributed by atoms with E-state index in [2.05, 4.69) is 5.32 Å². The maximum absolute atomic E-state index is 13.4. The minimum Gasteiger partial charge on any atom is -0.481 e. The van der Waals surface area contributed by atoms with Crippen molar-refractivity contribution in [2.24, 2.45) is 0 Å². The Morgan fingerprint density at radius 1 is 1.05 bits per heavy atom. The second-order valence-corrected chi connectivity index (χ2v) is 5.14. The lowest BCUT2D eigenvalue weighted by atomic mass is 10.1. The molecule has 1 amide bonds. The number of carboxylic acids is 1. The molecule has 22 heavy (non-hydrogen) atoms. The van der Waals surface area contributed by atoms with Crippen LogP contribution in [0.2, 0.25) is 0 Å². The summed E-state index contributed by atoms with van der Waals surface area (Å²) >= 11 is 0. The molecule has 6 heteroatoms. The number of aryl methyl sites for hydroxylation is 1. The standard InChI is InChI=1S/C16H21F2NO3/c17-13-8-9-14(18)12(11-13)5-4-6-15(20)19-10-3-1-2-7-16(21)22/h8-9,11H,1-7,10H2,(H,19,20)(H,21,22). The summed E-state index contributed by atoms with van der Waals surface area (Å²) in [7, 11) is 0. The normalized spacial score (nSPS) is 10.5. The van der Waals surface area contributed by atoms with E-state index in [1.165, 1.54) is 0 Å². The van der Waals surface area contributed by atoms with E-state index in [1.54, 1.807) is 0 Å². The van der Waals surface area contributed by atoms with Gasteiger partial charge in [0.05, 0.1) is 0 Å². The molecule has 4 nitrogen and oxygen atoms in total. The van der Waals surface area contributed by atoms with Gasteiger partial charge in [-0.05, 0) is 49.4 Å². The van der Waals surface area contributed by atoms with Crippen LogP contribution in [0.3, 0.4) is 0 Å². The quantitative estimate of drug-likeness (QED) is 0.652. The van der Waals surface area contributed by atoms with Crippen LogP contribution in [0.1, 0.15) is 44.1 Å². The molecule has 0 atom stereocenters. The van der Waals surface area contributed by atoms with Crippen molar-refractivity contribution in [1.29, 1.82) is 0 Å². The third-order valence-electron chi connectivity index (χ3n) is 3.25. The molecule has 0 aliphatic heterocycles. The number of hydrogen-bond donors (Lipinski definition) is 2. The Morgan fingerprint density at radius 3 is 2.55 bits per heavy atom. The molecule has 2 N–H and O–H groups in total.